The van der Waals surface area contributed by atoms with Crippen LogP contribution in [0.5, 0.6) is 0 Å². The molecule has 1 saturated carbocycles. The Hall–Kier alpha value is -1.24. The number of halogens is 1. The molecular weight excluding hydrogens is 280 g/mol. The number of aromatic nitrogens is 2. The number of nitrogens with one attached hydrogen (secondary N) is 1. The van der Waals surface area contributed by atoms with Gasteiger partial charge >= 0.3 is 0 Å². The van der Waals surface area contributed by atoms with Crippen LogP contribution < -0.4 is 11.1 Å². The second-order valence-electron chi connectivity index (χ2n) is 5.52. The lowest BCUT2D eigenvalue weighted by molar-refractivity contribution is -0.166. The van der Waals surface area contributed by atoms with E-state index in [1.165, 1.54) is 12.4 Å². The fourth-order valence-corrected chi connectivity index (χ4v) is 2.60. The molecule has 2 unspecified atom stereocenters. The Kier molecular flexibility index (Phi) is 4.00. The summed E-state index contributed by atoms with van der Waals surface area (Å²) in [5.41, 5.74) is 4.84. The quantitative estimate of drug-likeness (QED) is 0.824. The maximum Gasteiger partial charge on any atom is 0.246 e. The highest BCUT2D eigenvalue weighted by molar-refractivity contribution is 6.29. The molecule has 0 aliphatic heterocycles. The maximum atomic E-state index is 12.4. The molecule has 0 spiro atoms. The zero-order chi connectivity index (χ0) is 15.0. The smallest absolute Gasteiger partial charge is 0.246 e. The number of amides is 1. The van der Waals surface area contributed by atoms with Crippen LogP contribution in [-0.2, 0) is 9.53 Å². The van der Waals surface area contributed by atoms with E-state index in [0.29, 0.717) is 18.8 Å². The predicted octanol–water partition coefficient (Wildman–Crippen LogP) is 1.60. The fourth-order valence-electron chi connectivity index (χ4n) is 2.45. The predicted molar refractivity (Wildman–Crippen MR) is 76.4 cm³/mol. The Bertz CT molecular complexity index is 523. The summed E-state index contributed by atoms with van der Waals surface area (Å²) in [6, 6.07) is 1.48. The number of rotatable bonds is 4. The Morgan fingerprint density at radius 2 is 2.30 bits per heavy atom. The molecule has 0 bridgehead atoms. The van der Waals surface area contributed by atoms with Gasteiger partial charge in [0.05, 0.1) is 6.10 Å². The van der Waals surface area contributed by atoms with Crippen LogP contribution in [0, 0.1) is 5.41 Å². The van der Waals surface area contributed by atoms with Crippen molar-refractivity contribution in [2.75, 3.05) is 11.9 Å². The molecule has 20 heavy (non-hydrogen) atoms. The number of hydrogen-bond donors (Lipinski definition) is 2. The molecule has 1 aromatic heterocycles. The maximum absolute atomic E-state index is 12.4. The number of anilines is 1. The Balaban J connectivity index is 2.10. The molecule has 1 aromatic rings. The van der Waals surface area contributed by atoms with Gasteiger partial charge in [0.1, 0.15) is 22.8 Å². The lowest BCUT2D eigenvalue weighted by Crippen LogP contribution is -2.74. The van der Waals surface area contributed by atoms with Crippen molar-refractivity contribution in [3.05, 3.63) is 17.5 Å². The third-order valence-corrected chi connectivity index (χ3v) is 4.32. The van der Waals surface area contributed by atoms with Crippen molar-refractivity contribution in [3.63, 3.8) is 0 Å². The Morgan fingerprint density at radius 3 is 2.85 bits per heavy atom. The first-order chi connectivity index (χ1) is 9.31. The first-order valence-electron chi connectivity index (χ1n) is 6.50. The Labute approximate surface area is 123 Å². The van der Waals surface area contributed by atoms with E-state index in [-0.39, 0.29) is 17.2 Å². The highest BCUT2D eigenvalue weighted by atomic mass is 35.5. The van der Waals surface area contributed by atoms with Crippen LogP contribution in [0.15, 0.2) is 12.4 Å². The van der Waals surface area contributed by atoms with Gasteiger partial charge in [-0.2, -0.15) is 0 Å². The van der Waals surface area contributed by atoms with Gasteiger partial charge in [-0.15, -0.1) is 0 Å². The summed E-state index contributed by atoms with van der Waals surface area (Å²) in [4.78, 5) is 20.1. The normalized spacial score (nSPS) is 27.8. The molecule has 0 aromatic carbocycles. The van der Waals surface area contributed by atoms with Crippen LogP contribution in [0.4, 0.5) is 5.82 Å². The van der Waals surface area contributed by atoms with Crippen molar-refractivity contribution in [3.8, 4) is 0 Å². The van der Waals surface area contributed by atoms with Gasteiger partial charge in [-0.05, 0) is 6.92 Å². The van der Waals surface area contributed by atoms with Gasteiger partial charge in [0.15, 0.2) is 0 Å². The Morgan fingerprint density at radius 1 is 1.60 bits per heavy atom. The zero-order valence-corrected chi connectivity index (χ0v) is 12.6. The summed E-state index contributed by atoms with van der Waals surface area (Å²) < 4.78 is 5.60. The average Bonchev–Trinajstić information content (AvgIpc) is 2.38. The monoisotopic (exact) mass is 298 g/mol. The first-order valence-corrected chi connectivity index (χ1v) is 6.88. The lowest BCUT2D eigenvalue weighted by atomic mass is 9.54. The van der Waals surface area contributed by atoms with E-state index in [9.17, 15) is 4.79 Å². The summed E-state index contributed by atoms with van der Waals surface area (Å²) in [6.45, 7) is 6.40. The van der Waals surface area contributed by atoms with Crippen molar-refractivity contribution in [1.82, 2.24) is 9.97 Å². The van der Waals surface area contributed by atoms with E-state index in [1.54, 1.807) is 0 Å². The minimum absolute atomic E-state index is 0.0164. The van der Waals surface area contributed by atoms with Gasteiger partial charge in [-0.3, -0.25) is 4.79 Å². The average molecular weight is 299 g/mol. The molecule has 1 aliphatic carbocycles. The number of nitrogens with two attached hydrogens (primary N) is 1. The molecule has 2 rings (SSSR count). The highest BCUT2D eigenvalue weighted by Gasteiger charge is 2.62. The van der Waals surface area contributed by atoms with Crippen molar-refractivity contribution >= 4 is 23.3 Å². The van der Waals surface area contributed by atoms with E-state index >= 15 is 0 Å². The second-order valence-corrected chi connectivity index (χ2v) is 5.91. The van der Waals surface area contributed by atoms with Crippen LogP contribution in [0.2, 0.25) is 5.15 Å². The van der Waals surface area contributed by atoms with Gasteiger partial charge in [0.2, 0.25) is 5.91 Å². The first kappa shape index (κ1) is 15.2. The number of carbonyl (C=O) groups excluding carboxylic acids is 1. The molecule has 6 nitrogen and oxygen atoms in total. The molecule has 1 fully saturated rings. The van der Waals surface area contributed by atoms with Crippen molar-refractivity contribution in [2.24, 2.45) is 11.1 Å². The number of nitrogens with zero attached hydrogens (tertiary/aromatic N) is 2. The third kappa shape index (κ3) is 2.39. The third-order valence-electron chi connectivity index (χ3n) is 4.11. The zero-order valence-electron chi connectivity index (χ0n) is 11.8. The van der Waals surface area contributed by atoms with Gasteiger partial charge in [0.25, 0.3) is 0 Å². The molecule has 1 amide bonds. The summed E-state index contributed by atoms with van der Waals surface area (Å²) >= 11 is 5.76. The van der Waals surface area contributed by atoms with E-state index < -0.39 is 11.0 Å². The molecule has 0 saturated heterocycles. The minimum Gasteiger partial charge on any atom is -0.378 e. The summed E-state index contributed by atoms with van der Waals surface area (Å²) in [5.74, 6) is 0.0590. The van der Waals surface area contributed by atoms with Crippen molar-refractivity contribution < 1.29 is 9.53 Å². The van der Waals surface area contributed by atoms with Gasteiger partial charge in [-0.1, -0.05) is 25.4 Å². The molecule has 1 heterocycles. The van der Waals surface area contributed by atoms with Crippen LogP contribution in [-0.4, -0.2) is 34.1 Å². The summed E-state index contributed by atoms with van der Waals surface area (Å²) in [5, 5.41) is 2.95. The molecule has 0 radical (unpaired) electrons. The molecule has 1 aliphatic rings. The van der Waals surface area contributed by atoms with E-state index in [4.69, 9.17) is 22.1 Å². The lowest BCUT2D eigenvalue weighted by Gasteiger charge is -2.57. The number of ether oxygens (including phenoxy) is 1. The van der Waals surface area contributed by atoms with Crippen LogP contribution in [0.1, 0.15) is 27.2 Å². The van der Waals surface area contributed by atoms with E-state index in [2.05, 4.69) is 15.3 Å². The SMILES string of the molecule is CCOC1CC(N)(C(=O)Nc2cc(Cl)ncn2)C1(C)C. The molecular formula is C13H19ClN4O2. The van der Waals surface area contributed by atoms with Gasteiger partial charge in [-0.25, -0.2) is 9.97 Å². The van der Waals surface area contributed by atoms with Gasteiger partial charge < -0.3 is 15.8 Å². The second kappa shape index (κ2) is 5.27. The molecule has 7 heteroatoms. The van der Waals surface area contributed by atoms with Crippen LogP contribution in [0.3, 0.4) is 0 Å². The highest BCUT2D eigenvalue weighted by Crippen LogP contribution is 2.50. The largest absolute Gasteiger partial charge is 0.378 e. The number of carbonyl (C=O) groups is 1. The molecule has 2 atom stereocenters. The summed E-state index contributed by atoms with van der Waals surface area (Å²) in [7, 11) is 0. The molecule has 110 valence electrons. The van der Waals surface area contributed by atoms with Crippen molar-refractivity contribution in [1.29, 1.82) is 0 Å². The number of hydrogen-bond acceptors (Lipinski definition) is 5. The minimum atomic E-state index is -0.982. The van der Waals surface area contributed by atoms with Crippen LogP contribution in [0.25, 0.3) is 0 Å². The van der Waals surface area contributed by atoms with Crippen LogP contribution >= 0.6 is 11.6 Å². The topological polar surface area (TPSA) is 90.1 Å². The van der Waals surface area contributed by atoms with E-state index in [1.807, 2.05) is 20.8 Å². The van der Waals surface area contributed by atoms with E-state index in [0.717, 1.165) is 0 Å². The molecule has 3 N–H and O–H groups in total. The fraction of sp³-hybridized carbons (Fsp3) is 0.615. The standard InChI is InChI=1S/C13H19ClN4O2/c1-4-20-8-6-13(15,12(8,2)3)11(19)18-10-5-9(14)16-7-17-10/h5,7-8H,4,6,15H2,1-3H3,(H,16,17,18,19). The summed E-state index contributed by atoms with van der Waals surface area (Å²) in [6.07, 6.45) is 1.76. The van der Waals surface area contributed by atoms with Gasteiger partial charge in [0, 0.05) is 24.5 Å². The van der Waals surface area contributed by atoms with Crippen molar-refractivity contribution in [2.45, 2.75) is 38.8 Å².